The maximum atomic E-state index is 12.5. The zero-order valence-corrected chi connectivity index (χ0v) is 19.7. The predicted octanol–water partition coefficient (Wildman–Crippen LogP) is 5.70. The molecular weight excluding hydrogens is 452 g/mol. The lowest BCUT2D eigenvalue weighted by atomic mass is 10.1. The number of carbonyl (C=O) groups excluding carboxylic acids is 1. The molecule has 0 unspecified atom stereocenters. The third kappa shape index (κ3) is 5.99. The molecule has 7 heteroatoms. The molecule has 0 N–H and O–H groups in total. The van der Waals surface area contributed by atoms with Crippen molar-refractivity contribution in [3.8, 4) is 11.8 Å². The van der Waals surface area contributed by atoms with Crippen molar-refractivity contribution >= 4 is 39.8 Å². The van der Waals surface area contributed by atoms with Gasteiger partial charge in [0, 0.05) is 47.4 Å². The number of carbonyl (C=O) groups is 1. The van der Waals surface area contributed by atoms with E-state index >= 15 is 0 Å². The van der Waals surface area contributed by atoms with Crippen molar-refractivity contribution < 1.29 is 14.3 Å². The van der Waals surface area contributed by atoms with E-state index in [0.29, 0.717) is 37.4 Å². The maximum Gasteiger partial charge on any atom is 0.142 e. The lowest BCUT2D eigenvalue weighted by molar-refractivity contribution is -0.117. The molecule has 2 aromatic heterocycles. The molecule has 5 nitrogen and oxygen atoms in total. The van der Waals surface area contributed by atoms with Crippen LogP contribution in [-0.4, -0.2) is 31.1 Å². The van der Waals surface area contributed by atoms with Gasteiger partial charge >= 0.3 is 0 Å². The molecule has 0 atom stereocenters. The van der Waals surface area contributed by atoms with Crippen LogP contribution < -0.4 is 4.74 Å². The van der Waals surface area contributed by atoms with Crippen LogP contribution in [0.15, 0.2) is 76.0 Å². The predicted molar refractivity (Wildman–Crippen MR) is 131 cm³/mol. The number of nitriles is 1. The first-order valence-electron chi connectivity index (χ1n) is 10.4. The number of Topliss-reactive ketones (excluding diaryl/α,β-unsaturated/α-hetero) is 1. The Morgan fingerprint density at radius 2 is 1.94 bits per heavy atom. The van der Waals surface area contributed by atoms with Gasteiger partial charge in [0.2, 0.25) is 0 Å². The molecule has 0 fully saturated rings. The van der Waals surface area contributed by atoms with Crippen molar-refractivity contribution in [1.82, 2.24) is 4.98 Å². The summed E-state index contributed by atoms with van der Waals surface area (Å²) < 4.78 is 11.8. The van der Waals surface area contributed by atoms with Gasteiger partial charge in [0.1, 0.15) is 24.2 Å². The van der Waals surface area contributed by atoms with Crippen LogP contribution in [0.4, 0.5) is 0 Å². The second-order valence-corrected chi connectivity index (χ2v) is 9.84. The van der Waals surface area contributed by atoms with E-state index in [1.165, 1.54) is 0 Å². The standard InChI is InChI=1S/C26H22N2O3S2/c1-30-11-12-31-24-16-23-22(14-19(24)17-27)25(9-10-28-23)33-26-8-7-21(32-26)15-20(29)13-18-5-3-2-4-6-18/h2-10,14,16H,11-13,15H2,1H3. The van der Waals surface area contributed by atoms with Crippen molar-refractivity contribution in [3.63, 3.8) is 0 Å². The molecule has 166 valence electrons. The summed E-state index contributed by atoms with van der Waals surface area (Å²) in [6.45, 7) is 0.812. The van der Waals surface area contributed by atoms with Crippen LogP contribution in [0, 0.1) is 11.3 Å². The third-order valence-electron chi connectivity index (χ3n) is 4.93. The number of benzene rings is 2. The van der Waals surface area contributed by atoms with Crippen LogP contribution in [-0.2, 0) is 22.4 Å². The normalized spacial score (nSPS) is 10.8. The third-order valence-corrected chi connectivity index (χ3v) is 7.22. The Bertz CT molecular complexity index is 1300. The highest BCUT2D eigenvalue weighted by molar-refractivity contribution is 8.01. The quantitative estimate of drug-likeness (QED) is 0.275. The Morgan fingerprint density at radius 1 is 1.09 bits per heavy atom. The van der Waals surface area contributed by atoms with Gasteiger partial charge in [-0.15, -0.1) is 11.3 Å². The molecule has 0 saturated carbocycles. The lowest BCUT2D eigenvalue weighted by Gasteiger charge is -2.10. The van der Waals surface area contributed by atoms with E-state index in [-0.39, 0.29) is 5.78 Å². The fraction of sp³-hybridized carbons (Fsp3) is 0.192. The fourth-order valence-electron chi connectivity index (χ4n) is 3.38. The van der Waals surface area contributed by atoms with Crippen molar-refractivity contribution in [3.05, 3.63) is 82.9 Å². The molecule has 0 aliphatic heterocycles. The van der Waals surface area contributed by atoms with Crippen molar-refractivity contribution in [2.75, 3.05) is 20.3 Å². The van der Waals surface area contributed by atoms with Gasteiger partial charge in [-0.1, -0.05) is 42.1 Å². The number of hydrogen-bond acceptors (Lipinski definition) is 7. The van der Waals surface area contributed by atoms with Crippen molar-refractivity contribution in [2.45, 2.75) is 21.9 Å². The van der Waals surface area contributed by atoms with Crippen LogP contribution in [0.1, 0.15) is 16.0 Å². The molecule has 4 rings (SSSR count). The number of rotatable bonds is 10. The zero-order valence-electron chi connectivity index (χ0n) is 18.1. The summed E-state index contributed by atoms with van der Waals surface area (Å²) in [7, 11) is 1.61. The Kier molecular flexibility index (Phi) is 7.74. The average Bonchev–Trinajstić information content (AvgIpc) is 3.26. The summed E-state index contributed by atoms with van der Waals surface area (Å²) in [4.78, 5) is 19.0. The van der Waals surface area contributed by atoms with E-state index in [1.807, 2.05) is 54.6 Å². The number of hydrogen-bond donors (Lipinski definition) is 0. The Balaban J connectivity index is 1.49. The molecule has 0 aliphatic rings. The first-order valence-corrected chi connectivity index (χ1v) is 12.1. The summed E-state index contributed by atoms with van der Waals surface area (Å²) in [5, 5.41) is 10.5. The largest absolute Gasteiger partial charge is 0.490 e. The molecule has 4 aromatic rings. The minimum atomic E-state index is 0.202. The lowest BCUT2D eigenvalue weighted by Crippen LogP contribution is -2.05. The van der Waals surface area contributed by atoms with Crippen LogP contribution >= 0.6 is 23.1 Å². The second-order valence-electron chi connectivity index (χ2n) is 7.33. The van der Waals surface area contributed by atoms with E-state index < -0.39 is 0 Å². The molecule has 0 amide bonds. The molecule has 0 aliphatic carbocycles. The number of aromatic nitrogens is 1. The number of nitrogens with zero attached hydrogens (tertiary/aromatic N) is 2. The molecule has 0 radical (unpaired) electrons. The highest BCUT2D eigenvalue weighted by Gasteiger charge is 2.13. The number of ketones is 1. The first kappa shape index (κ1) is 23.0. The number of pyridine rings is 1. The number of ether oxygens (including phenoxy) is 2. The number of methoxy groups -OCH3 is 1. The summed E-state index contributed by atoms with van der Waals surface area (Å²) in [6, 6.07) is 21.7. The number of fused-ring (bicyclic) bond motifs is 1. The van der Waals surface area contributed by atoms with E-state index in [0.717, 1.165) is 30.4 Å². The minimum Gasteiger partial charge on any atom is -0.490 e. The van der Waals surface area contributed by atoms with E-state index in [4.69, 9.17) is 9.47 Å². The zero-order chi connectivity index (χ0) is 23.0. The summed E-state index contributed by atoms with van der Waals surface area (Å²) in [5.74, 6) is 0.709. The van der Waals surface area contributed by atoms with E-state index in [9.17, 15) is 10.1 Å². The highest BCUT2D eigenvalue weighted by Crippen LogP contribution is 2.38. The Morgan fingerprint density at radius 3 is 2.73 bits per heavy atom. The van der Waals surface area contributed by atoms with Gasteiger partial charge in [0.05, 0.1) is 21.9 Å². The summed E-state index contributed by atoms with van der Waals surface area (Å²) >= 11 is 3.23. The average molecular weight is 475 g/mol. The van der Waals surface area contributed by atoms with Gasteiger partial charge in [-0.3, -0.25) is 9.78 Å². The van der Waals surface area contributed by atoms with E-state index in [2.05, 4.69) is 11.1 Å². The maximum absolute atomic E-state index is 12.5. The molecule has 33 heavy (non-hydrogen) atoms. The summed E-state index contributed by atoms with van der Waals surface area (Å²) in [5.41, 5.74) is 2.27. The monoisotopic (exact) mass is 474 g/mol. The van der Waals surface area contributed by atoms with Crippen LogP contribution in [0.5, 0.6) is 5.75 Å². The first-order chi connectivity index (χ1) is 16.2. The van der Waals surface area contributed by atoms with Gasteiger partial charge in [-0.2, -0.15) is 5.26 Å². The molecule has 0 spiro atoms. The minimum absolute atomic E-state index is 0.202. The molecular formula is C26H22N2O3S2. The van der Waals surface area contributed by atoms with Gasteiger partial charge in [-0.25, -0.2) is 0 Å². The smallest absolute Gasteiger partial charge is 0.142 e. The SMILES string of the molecule is COCCOc1cc2nccc(Sc3ccc(CC(=O)Cc4ccccc4)s3)c2cc1C#N. The second kappa shape index (κ2) is 11.1. The van der Waals surface area contributed by atoms with Gasteiger partial charge in [0.15, 0.2) is 0 Å². The number of thiophene rings is 1. The Labute approximate surface area is 201 Å². The summed E-state index contributed by atoms with van der Waals surface area (Å²) in [6.07, 6.45) is 2.63. The van der Waals surface area contributed by atoms with E-state index in [1.54, 1.807) is 42.5 Å². The molecule has 0 bridgehead atoms. The van der Waals surface area contributed by atoms with Gasteiger partial charge in [-0.05, 0) is 29.8 Å². The van der Waals surface area contributed by atoms with Gasteiger partial charge in [0.25, 0.3) is 0 Å². The van der Waals surface area contributed by atoms with Gasteiger partial charge < -0.3 is 9.47 Å². The fourth-order valence-corrected chi connectivity index (χ4v) is 5.65. The van der Waals surface area contributed by atoms with Crippen molar-refractivity contribution in [2.24, 2.45) is 0 Å². The Hall–Kier alpha value is -3.18. The topological polar surface area (TPSA) is 72.2 Å². The van der Waals surface area contributed by atoms with Crippen LogP contribution in [0.2, 0.25) is 0 Å². The van der Waals surface area contributed by atoms with Crippen LogP contribution in [0.25, 0.3) is 10.9 Å². The molecule has 2 aromatic carbocycles. The molecule has 0 saturated heterocycles. The highest BCUT2D eigenvalue weighted by atomic mass is 32.2. The van der Waals surface area contributed by atoms with Crippen LogP contribution in [0.3, 0.4) is 0 Å². The molecule has 2 heterocycles. The van der Waals surface area contributed by atoms with Crippen molar-refractivity contribution in [1.29, 1.82) is 5.26 Å².